The van der Waals surface area contributed by atoms with E-state index < -0.39 is 12.0 Å². The number of aliphatic carboxylic acids is 1. The minimum absolute atomic E-state index is 0.369. The lowest BCUT2D eigenvalue weighted by molar-refractivity contribution is -0.137. The van der Waals surface area contributed by atoms with Crippen molar-refractivity contribution in [2.45, 2.75) is 11.8 Å². The van der Waals surface area contributed by atoms with Crippen molar-refractivity contribution in [1.29, 1.82) is 0 Å². The molecule has 1 aromatic rings. The van der Waals surface area contributed by atoms with Gasteiger partial charge in [0, 0.05) is 18.1 Å². The topological polar surface area (TPSA) is 89.1 Å². The number of hydrogen-bond donors (Lipinski definition) is 2. The van der Waals surface area contributed by atoms with Gasteiger partial charge in [0.2, 0.25) is 0 Å². The van der Waals surface area contributed by atoms with E-state index in [1.165, 1.54) is 11.8 Å². The van der Waals surface area contributed by atoms with Crippen LogP contribution in [0.1, 0.15) is 5.82 Å². The summed E-state index contributed by atoms with van der Waals surface area (Å²) in [5.74, 6) is 0.664. The van der Waals surface area contributed by atoms with Gasteiger partial charge in [-0.1, -0.05) is 0 Å². The van der Waals surface area contributed by atoms with Gasteiger partial charge in [0.1, 0.15) is 11.9 Å². The number of nitrogens with zero attached hydrogens (tertiary/aromatic N) is 2. The third-order valence-electron chi connectivity index (χ3n) is 1.47. The van der Waals surface area contributed by atoms with Crippen molar-refractivity contribution in [2.75, 3.05) is 5.75 Å². The van der Waals surface area contributed by atoms with Crippen LogP contribution in [-0.4, -0.2) is 32.8 Å². The molecular weight excluding hydrogens is 202 g/mol. The molecule has 76 valence electrons. The minimum atomic E-state index is -0.980. The second kappa shape index (κ2) is 5.56. The molecule has 0 saturated heterocycles. The zero-order valence-electron chi connectivity index (χ0n) is 7.46. The smallest absolute Gasteiger partial charge is 0.321 e. The summed E-state index contributed by atoms with van der Waals surface area (Å²) in [5, 5.41) is 8.51. The number of carboxylic acid groups (broad SMARTS) is 1. The average Bonchev–Trinajstić information content (AvgIpc) is 2.19. The van der Waals surface area contributed by atoms with Crippen LogP contribution in [0.15, 0.2) is 18.5 Å². The first-order valence-electron chi connectivity index (χ1n) is 4.02. The van der Waals surface area contributed by atoms with Gasteiger partial charge in [-0.25, -0.2) is 9.97 Å². The van der Waals surface area contributed by atoms with Gasteiger partial charge in [-0.15, -0.1) is 0 Å². The van der Waals surface area contributed by atoms with E-state index in [0.29, 0.717) is 17.3 Å². The molecule has 0 aromatic carbocycles. The van der Waals surface area contributed by atoms with Crippen LogP contribution < -0.4 is 5.73 Å². The molecule has 0 saturated carbocycles. The van der Waals surface area contributed by atoms with E-state index >= 15 is 0 Å². The molecule has 0 spiro atoms. The predicted octanol–water partition coefficient (Wildman–Crippen LogP) is 0.122. The monoisotopic (exact) mass is 213 g/mol. The summed E-state index contributed by atoms with van der Waals surface area (Å²) in [6.45, 7) is 0. The Kier molecular flexibility index (Phi) is 4.34. The van der Waals surface area contributed by atoms with Gasteiger partial charge < -0.3 is 10.8 Å². The van der Waals surface area contributed by atoms with Gasteiger partial charge in [-0.3, -0.25) is 4.79 Å². The summed E-state index contributed by atoms with van der Waals surface area (Å²) >= 11 is 1.41. The standard InChI is InChI=1S/C8H11N3O2S/c9-6(8(12)13)4-14-5-7-10-2-1-3-11-7/h1-3,6H,4-5,9H2,(H,12,13). The van der Waals surface area contributed by atoms with Crippen molar-refractivity contribution in [2.24, 2.45) is 5.73 Å². The van der Waals surface area contributed by atoms with Crippen LogP contribution >= 0.6 is 11.8 Å². The Morgan fingerprint density at radius 3 is 2.79 bits per heavy atom. The second-order valence-corrected chi connectivity index (χ2v) is 3.66. The summed E-state index contributed by atoms with van der Waals surface area (Å²) in [5.41, 5.74) is 5.32. The first-order chi connectivity index (χ1) is 6.70. The van der Waals surface area contributed by atoms with Crippen LogP contribution in [0, 0.1) is 0 Å². The molecule has 0 aliphatic carbocycles. The normalized spacial score (nSPS) is 12.4. The molecule has 1 unspecified atom stereocenters. The largest absolute Gasteiger partial charge is 0.480 e. The molecule has 5 nitrogen and oxygen atoms in total. The van der Waals surface area contributed by atoms with E-state index in [1.54, 1.807) is 18.5 Å². The predicted molar refractivity (Wildman–Crippen MR) is 53.8 cm³/mol. The molecule has 14 heavy (non-hydrogen) atoms. The quantitative estimate of drug-likeness (QED) is 0.722. The Bertz CT molecular complexity index is 294. The van der Waals surface area contributed by atoms with Crippen LogP contribution in [0.5, 0.6) is 0 Å². The van der Waals surface area contributed by atoms with Crippen molar-refractivity contribution in [3.05, 3.63) is 24.3 Å². The summed E-state index contributed by atoms with van der Waals surface area (Å²) < 4.78 is 0. The van der Waals surface area contributed by atoms with Crippen LogP contribution in [0.4, 0.5) is 0 Å². The van der Waals surface area contributed by atoms with Crippen LogP contribution in [0.2, 0.25) is 0 Å². The van der Waals surface area contributed by atoms with E-state index in [9.17, 15) is 4.79 Å². The summed E-state index contributed by atoms with van der Waals surface area (Å²) in [6, 6.07) is 0.917. The van der Waals surface area contributed by atoms with E-state index in [2.05, 4.69) is 9.97 Å². The molecule has 0 amide bonds. The van der Waals surface area contributed by atoms with Crippen molar-refractivity contribution in [1.82, 2.24) is 9.97 Å². The van der Waals surface area contributed by atoms with Gasteiger partial charge in [0.25, 0.3) is 0 Å². The van der Waals surface area contributed by atoms with Gasteiger partial charge in [-0.2, -0.15) is 11.8 Å². The first-order valence-corrected chi connectivity index (χ1v) is 5.17. The molecule has 0 bridgehead atoms. The Balaban J connectivity index is 2.26. The minimum Gasteiger partial charge on any atom is -0.480 e. The Morgan fingerprint density at radius 2 is 2.21 bits per heavy atom. The fourth-order valence-corrected chi connectivity index (χ4v) is 1.60. The molecule has 6 heteroatoms. The van der Waals surface area contributed by atoms with E-state index in [0.717, 1.165) is 0 Å². The number of carboxylic acids is 1. The first kappa shape index (κ1) is 10.9. The zero-order chi connectivity index (χ0) is 10.4. The highest BCUT2D eigenvalue weighted by Gasteiger charge is 2.10. The molecule has 1 aromatic heterocycles. The maximum absolute atomic E-state index is 10.4. The van der Waals surface area contributed by atoms with E-state index in [1.807, 2.05) is 0 Å². The highest BCUT2D eigenvalue weighted by molar-refractivity contribution is 7.98. The highest BCUT2D eigenvalue weighted by Crippen LogP contribution is 2.08. The lowest BCUT2D eigenvalue weighted by atomic mass is 10.4. The fourth-order valence-electron chi connectivity index (χ4n) is 0.753. The van der Waals surface area contributed by atoms with Crippen molar-refractivity contribution in [3.8, 4) is 0 Å². The maximum atomic E-state index is 10.4. The van der Waals surface area contributed by atoms with Gasteiger partial charge in [0.05, 0.1) is 5.75 Å². The van der Waals surface area contributed by atoms with Gasteiger partial charge in [-0.05, 0) is 6.07 Å². The number of hydrogen-bond acceptors (Lipinski definition) is 5. The van der Waals surface area contributed by atoms with E-state index in [4.69, 9.17) is 10.8 Å². The number of aromatic nitrogens is 2. The molecule has 1 atom stereocenters. The SMILES string of the molecule is NC(CSCc1ncccn1)C(=O)O. The number of carbonyl (C=O) groups is 1. The molecule has 0 aliphatic rings. The average molecular weight is 213 g/mol. The molecule has 1 rings (SSSR count). The van der Waals surface area contributed by atoms with Gasteiger partial charge in [0.15, 0.2) is 0 Å². The highest BCUT2D eigenvalue weighted by atomic mass is 32.2. The Morgan fingerprint density at radius 1 is 1.57 bits per heavy atom. The van der Waals surface area contributed by atoms with E-state index in [-0.39, 0.29) is 0 Å². The Hall–Kier alpha value is -1.14. The van der Waals surface area contributed by atoms with Crippen LogP contribution in [0.25, 0.3) is 0 Å². The van der Waals surface area contributed by atoms with Crippen molar-refractivity contribution < 1.29 is 9.90 Å². The van der Waals surface area contributed by atoms with Crippen LogP contribution in [0.3, 0.4) is 0 Å². The Labute approximate surface area is 85.7 Å². The number of nitrogens with two attached hydrogens (primary N) is 1. The van der Waals surface area contributed by atoms with Crippen molar-refractivity contribution >= 4 is 17.7 Å². The van der Waals surface area contributed by atoms with Crippen LogP contribution in [-0.2, 0) is 10.5 Å². The molecule has 0 radical (unpaired) electrons. The summed E-state index contributed by atoms with van der Waals surface area (Å²) in [7, 11) is 0. The molecule has 3 N–H and O–H groups in total. The summed E-state index contributed by atoms with van der Waals surface area (Å²) in [4.78, 5) is 18.4. The number of rotatable bonds is 5. The van der Waals surface area contributed by atoms with Crippen molar-refractivity contribution in [3.63, 3.8) is 0 Å². The molecule has 0 aliphatic heterocycles. The maximum Gasteiger partial charge on any atom is 0.321 e. The third-order valence-corrected chi connectivity index (χ3v) is 2.52. The fraction of sp³-hybridized carbons (Fsp3) is 0.375. The molecule has 0 fully saturated rings. The molecule has 1 heterocycles. The van der Waals surface area contributed by atoms with Gasteiger partial charge >= 0.3 is 5.97 Å². The lowest BCUT2D eigenvalue weighted by Crippen LogP contribution is -2.32. The lowest BCUT2D eigenvalue weighted by Gasteiger charge is -2.04. The number of thioether (sulfide) groups is 1. The second-order valence-electron chi connectivity index (χ2n) is 2.62. The third kappa shape index (κ3) is 3.71. The summed E-state index contributed by atoms with van der Waals surface area (Å²) in [6.07, 6.45) is 3.31. The zero-order valence-corrected chi connectivity index (χ0v) is 8.28. The molecular formula is C8H11N3O2S.